The van der Waals surface area contributed by atoms with Crippen molar-refractivity contribution in [3.63, 3.8) is 0 Å². The van der Waals surface area contributed by atoms with Gasteiger partial charge < -0.3 is 10.1 Å². The number of benzene rings is 1. The second-order valence-electron chi connectivity index (χ2n) is 5.86. The fourth-order valence-corrected chi connectivity index (χ4v) is 3.16. The van der Waals surface area contributed by atoms with Gasteiger partial charge in [-0.05, 0) is 48.0 Å². The van der Waals surface area contributed by atoms with Gasteiger partial charge in [0.05, 0.1) is 5.69 Å². The highest BCUT2D eigenvalue weighted by Gasteiger charge is 2.10. The molecule has 28 heavy (non-hydrogen) atoms. The number of carbonyl (C=O) groups excluding carboxylic acids is 1. The first kappa shape index (κ1) is 17.8. The molecule has 138 valence electrons. The van der Waals surface area contributed by atoms with Crippen LogP contribution in [0.25, 0.3) is 11.3 Å². The Morgan fingerprint density at radius 1 is 1.00 bits per heavy atom. The molecule has 0 bridgehead atoms. The largest absolute Gasteiger partial charge is 0.431 e. The molecule has 3 heterocycles. The summed E-state index contributed by atoms with van der Waals surface area (Å²) >= 11 is 1.41. The Labute approximate surface area is 165 Å². The number of hydrogen-bond donors (Lipinski definition) is 1. The van der Waals surface area contributed by atoms with Crippen molar-refractivity contribution >= 4 is 17.2 Å². The fraction of sp³-hybridized carbons (Fsp3) is 0.0476. The predicted octanol–water partition coefficient (Wildman–Crippen LogP) is 4.32. The molecule has 3 aromatic heterocycles. The molecule has 1 aromatic carbocycles. The summed E-state index contributed by atoms with van der Waals surface area (Å²) in [5, 5.41) is 5.35. The molecule has 4 rings (SSSR count). The maximum Gasteiger partial charge on any atom is 0.278 e. The lowest BCUT2D eigenvalue weighted by molar-refractivity contribution is 0.0951. The molecule has 0 aliphatic carbocycles. The number of nitrogens with zero attached hydrogens (tertiary/aromatic N) is 3. The number of aromatic nitrogens is 3. The van der Waals surface area contributed by atoms with Gasteiger partial charge in [-0.15, -0.1) is 0 Å². The van der Waals surface area contributed by atoms with Gasteiger partial charge >= 0.3 is 0 Å². The molecule has 4 aromatic rings. The van der Waals surface area contributed by atoms with Crippen molar-refractivity contribution in [3.05, 3.63) is 89.8 Å². The molecule has 1 N–H and O–H groups in total. The molecule has 0 aliphatic heterocycles. The number of rotatable bonds is 6. The lowest BCUT2D eigenvalue weighted by atomic mass is 10.1. The number of carbonyl (C=O) groups is 1. The first-order valence-corrected chi connectivity index (χ1v) is 9.47. The van der Waals surface area contributed by atoms with E-state index in [9.17, 15) is 4.79 Å². The van der Waals surface area contributed by atoms with Crippen LogP contribution < -0.4 is 10.1 Å². The molecular weight excluding hydrogens is 372 g/mol. The molecule has 6 nitrogen and oxygen atoms in total. The number of pyridine rings is 2. The summed E-state index contributed by atoms with van der Waals surface area (Å²) in [5.41, 5.74) is 3.20. The van der Waals surface area contributed by atoms with Crippen LogP contribution in [0.1, 0.15) is 15.9 Å². The van der Waals surface area contributed by atoms with Crippen LogP contribution in [-0.4, -0.2) is 20.9 Å². The number of hydrogen-bond acceptors (Lipinski definition) is 6. The Morgan fingerprint density at radius 2 is 1.86 bits per heavy atom. The number of nitrogens with one attached hydrogen (secondary N) is 1. The average Bonchev–Trinajstić information content (AvgIpc) is 3.26. The maximum absolute atomic E-state index is 12.5. The molecule has 0 atom stereocenters. The number of amides is 1. The molecule has 7 heteroatoms. The van der Waals surface area contributed by atoms with Gasteiger partial charge in [0, 0.05) is 47.8 Å². The SMILES string of the molecule is O=C(NCc1cccnc1-c1cccnc1)c1ccc(Oc2nccs2)cc1. The zero-order chi connectivity index (χ0) is 19.2. The molecule has 0 spiro atoms. The Morgan fingerprint density at radius 3 is 2.61 bits per heavy atom. The summed E-state index contributed by atoms with van der Waals surface area (Å²) in [4.78, 5) is 25.1. The third kappa shape index (κ3) is 4.21. The average molecular weight is 388 g/mol. The Balaban J connectivity index is 1.42. The highest BCUT2D eigenvalue weighted by atomic mass is 32.1. The van der Waals surface area contributed by atoms with Gasteiger partial charge in [-0.2, -0.15) is 0 Å². The topological polar surface area (TPSA) is 77.0 Å². The third-order valence-corrected chi connectivity index (χ3v) is 4.65. The summed E-state index contributed by atoms with van der Waals surface area (Å²) in [5.74, 6) is 0.472. The van der Waals surface area contributed by atoms with Gasteiger partial charge in [0.2, 0.25) is 0 Å². The van der Waals surface area contributed by atoms with Gasteiger partial charge in [0.1, 0.15) is 5.75 Å². The Kier molecular flexibility index (Phi) is 5.35. The fourth-order valence-electron chi connectivity index (χ4n) is 2.66. The second kappa shape index (κ2) is 8.41. The lowest BCUT2D eigenvalue weighted by Gasteiger charge is -2.10. The van der Waals surface area contributed by atoms with E-state index >= 15 is 0 Å². The highest BCUT2D eigenvalue weighted by Crippen LogP contribution is 2.23. The summed E-state index contributed by atoms with van der Waals surface area (Å²) in [6.07, 6.45) is 6.89. The van der Waals surface area contributed by atoms with Crippen LogP contribution in [0.4, 0.5) is 0 Å². The van der Waals surface area contributed by atoms with Gasteiger partial charge in [-0.3, -0.25) is 14.8 Å². The first-order valence-electron chi connectivity index (χ1n) is 8.59. The van der Waals surface area contributed by atoms with Gasteiger partial charge in [-0.1, -0.05) is 17.4 Å². The van der Waals surface area contributed by atoms with E-state index < -0.39 is 0 Å². The van der Waals surface area contributed by atoms with Crippen molar-refractivity contribution in [3.8, 4) is 22.2 Å². The van der Waals surface area contributed by atoms with Crippen LogP contribution in [0, 0.1) is 0 Å². The minimum absolute atomic E-state index is 0.165. The standard InChI is InChI=1S/C21H16N4O2S/c26-20(15-5-7-18(8-6-15)27-21-24-11-12-28-21)25-14-17-4-2-10-23-19(17)16-3-1-9-22-13-16/h1-13H,14H2,(H,25,26). The minimum atomic E-state index is -0.165. The van der Waals surface area contributed by atoms with E-state index in [0.717, 1.165) is 16.8 Å². The highest BCUT2D eigenvalue weighted by molar-refractivity contribution is 7.11. The van der Waals surface area contributed by atoms with E-state index in [1.165, 1.54) is 11.3 Å². The lowest BCUT2D eigenvalue weighted by Crippen LogP contribution is -2.23. The Bertz CT molecular complexity index is 1050. The van der Waals surface area contributed by atoms with Crippen molar-refractivity contribution in [2.45, 2.75) is 6.54 Å². The van der Waals surface area contributed by atoms with Crippen molar-refractivity contribution in [2.24, 2.45) is 0 Å². The quantitative estimate of drug-likeness (QED) is 0.532. The summed E-state index contributed by atoms with van der Waals surface area (Å²) in [7, 11) is 0. The Hall–Kier alpha value is -3.58. The van der Waals surface area contributed by atoms with Crippen LogP contribution in [0.3, 0.4) is 0 Å². The van der Waals surface area contributed by atoms with Crippen LogP contribution in [0.2, 0.25) is 0 Å². The zero-order valence-electron chi connectivity index (χ0n) is 14.8. The summed E-state index contributed by atoms with van der Waals surface area (Å²) in [6, 6.07) is 14.6. The summed E-state index contributed by atoms with van der Waals surface area (Å²) in [6.45, 7) is 0.369. The summed E-state index contributed by atoms with van der Waals surface area (Å²) < 4.78 is 5.61. The van der Waals surface area contributed by atoms with Gasteiger partial charge in [0.15, 0.2) is 0 Å². The van der Waals surface area contributed by atoms with E-state index in [1.807, 2.05) is 29.6 Å². The van der Waals surface area contributed by atoms with Crippen LogP contribution in [-0.2, 0) is 6.54 Å². The van der Waals surface area contributed by atoms with E-state index in [4.69, 9.17) is 4.74 Å². The smallest absolute Gasteiger partial charge is 0.278 e. The first-order chi connectivity index (χ1) is 13.8. The minimum Gasteiger partial charge on any atom is -0.431 e. The van der Waals surface area contributed by atoms with Crippen LogP contribution in [0.15, 0.2) is 78.7 Å². The molecule has 0 radical (unpaired) electrons. The number of ether oxygens (including phenoxy) is 1. The third-order valence-electron chi connectivity index (χ3n) is 4.00. The van der Waals surface area contributed by atoms with Crippen LogP contribution >= 0.6 is 11.3 Å². The van der Waals surface area contributed by atoms with E-state index in [-0.39, 0.29) is 5.91 Å². The van der Waals surface area contributed by atoms with Gasteiger partial charge in [0.25, 0.3) is 11.1 Å². The number of thiazole rings is 1. The maximum atomic E-state index is 12.5. The second-order valence-corrected chi connectivity index (χ2v) is 6.72. The van der Waals surface area contributed by atoms with Crippen molar-refractivity contribution in [2.75, 3.05) is 0 Å². The van der Waals surface area contributed by atoms with Crippen LogP contribution in [0.5, 0.6) is 10.9 Å². The van der Waals surface area contributed by atoms with Crippen molar-refractivity contribution < 1.29 is 9.53 Å². The monoisotopic (exact) mass is 388 g/mol. The van der Waals surface area contributed by atoms with Crippen molar-refractivity contribution in [1.82, 2.24) is 20.3 Å². The van der Waals surface area contributed by atoms with E-state index in [1.54, 1.807) is 49.1 Å². The van der Waals surface area contributed by atoms with Gasteiger partial charge in [-0.25, -0.2) is 4.98 Å². The zero-order valence-corrected chi connectivity index (χ0v) is 15.6. The van der Waals surface area contributed by atoms with E-state index in [2.05, 4.69) is 20.3 Å². The molecular formula is C21H16N4O2S. The molecule has 0 fully saturated rings. The molecule has 1 amide bonds. The molecule has 0 saturated carbocycles. The molecule has 0 saturated heterocycles. The molecule has 0 unspecified atom stereocenters. The molecule has 0 aliphatic rings. The normalized spacial score (nSPS) is 10.4. The predicted molar refractivity (Wildman–Crippen MR) is 107 cm³/mol. The van der Waals surface area contributed by atoms with E-state index in [0.29, 0.717) is 23.1 Å². The van der Waals surface area contributed by atoms with Crippen molar-refractivity contribution in [1.29, 1.82) is 0 Å².